The lowest BCUT2D eigenvalue weighted by Gasteiger charge is -2.24. The maximum Gasteiger partial charge on any atom is 0.104 e. The summed E-state index contributed by atoms with van der Waals surface area (Å²) in [5, 5.41) is 12.0. The van der Waals surface area contributed by atoms with E-state index in [1.807, 2.05) is 20.9 Å². The second kappa shape index (κ2) is 2.49. The molecule has 0 amide bonds. The van der Waals surface area contributed by atoms with Gasteiger partial charge in [-0.05, 0) is 20.9 Å². The predicted molar refractivity (Wildman–Crippen MR) is 38.9 cm³/mol. The molecule has 0 aliphatic carbocycles. The number of hydrogen-bond acceptors (Lipinski definition) is 3. The molecule has 0 aromatic rings. The molecule has 1 unspecified atom stereocenters. The molecule has 0 spiro atoms. The summed E-state index contributed by atoms with van der Waals surface area (Å²) in [6.07, 6.45) is 0.479. The minimum absolute atomic E-state index is 0.124. The van der Waals surface area contributed by atoms with E-state index in [0.717, 1.165) is 0 Å². The van der Waals surface area contributed by atoms with Crippen LogP contribution in [-0.2, 0) is 4.74 Å². The van der Waals surface area contributed by atoms with Gasteiger partial charge in [0.25, 0.3) is 0 Å². The van der Waals surface area contributed by atoms with E-state index in [9.17, 15) is 0 Å². The molecule has 0 aromatic carbocycles. The highest BCUT2D eigenvalue weighted by Crippen LogP contribution is 2.31. The molecule has 1 aliphatic rings. The van der Waals surface area contributed by atoms with Crippen LogP contribution >= 0.6 is 0 Å². The van der Waals surface area contributed by atoms with Crippen molar-refractivity contribution >= 4 is 0 Å². The third-order valence-corrected chi connectivity index (χ3v) is 2.24. The van der Waals surface area contributed by atoms with E-state index in [2.05, 4.69) is 5.32 Å². The van der Waals surface area contributed by atoms with Crippen LogP contribution in [0.25, 0.3) is 0 Å². The Morgan fingerprint density at radius 3 is 2.30 bits per heavy atom. The van der Waals surface area contributed by atoms with E-state index in [0.29, 0.717) is 6.10 Å². The normalized spacial score (nSPS) is 37.2. The van der Waals surface area contributed by atoms with Crippen LogP contribution < -0.4 is 5.32 Å². The molecule has 2 N–H and O–H groups in total. The first-order chi connectivity index (χ1) is 4.64. The minimum atomic E-state index is -0.251. The van der Waals surface area contributed by atoms with Crippen LogP contribution in [0.4, 0.5) is 0 Å². The van der Waals surface area contributed by atoms with Gasteiger partial charge in [-0.3, -0.25) is 0 Å². The average molecular weight is 145 g/mol. The Hall–Kier alpha value is -0.120. The molecule has 3 nitrogen and oxygen atoms in total. The van der Waals surface area contributed by atoms with Crippen molar-refractivity contribution < 1.29 is 9.84 Å². The standard InChI is InChI=1S/C7H15NO2/c1-5-6(10-5)7(2,4-9)8-3/h5-6,8-9H,4H2,1-3H3/t5?,6-,7+/m1/s1. The number of aliphatic hydroxyl groups is 1. The summed E-state index contributed by atoms with van der Waals surface area (Å²) >= 11 is 0. The maximum atomic E-state index is 8.97. The van der Waals surface area contributed by atoms with Gasteiger partial charge in [0.1, 0.15) is 6.10 Å². The van der Waals surface area contributed by atoms with Gasteiger partial charge in [0, 0.05) is 0 Å². The fraction of sp³-hybridized carbons (Fsp3) is 1.00. The van der Waals surface area contributed by atoms with Crippen molar-refractivity contribution in [3.63, 3.8) is 0 Å². The quantitative estimate of drug-likeness (QED) is 0.538. The lowest BCUT2D eigenvalue weighted by Crippen LogP contribution is -2.49. The highest BCUT2D eigenvalue weighted by atomic mass is 16.6. The number of hydrogen-bond donors (Lipinski definition) is 2. The molecule has 1 aliphatic heterocycles. The van der Waals surface area contributed by atoms with E-state index in [1.54, 1.807) is 0 Å². The Labute approximate surface area is 61.4 Å². The van der Waals surface area contributed by atoms with Crippen molar-refractivity contribution in [3.8, 4) is 0 Å². The molecule has 1 saturated heterocycles. The minimum Gasteiger partial charge on any atom is -0.394 e. The zero-order chi connectivity index (χ0) is 7.78. The molecular weight excluding hydrogens is 130 g/mol. The van der Waals surface area contributed by atoms with Crippen molar-refractivity contribution in [1.29, 1.82) is 0 Å². The van der Waals surface area contributed by atoms with Crippen LogP contribution in [0.5, 0.6) is 0 Å². The van der Waals surface area contributed by atoms with Gasteiger partial charge < -0.3 is 15.2 Å². The van der Waals surface area contributed by atoms with Crippen LogP contribution in [0.3, 0.4) is 0 Å². The van der Waals surface area contributed by atoms with Gasteiger partial charge in [-0.2, -0.15) is 0 Å². The third-order valence-electron chi connectivity index (χ3n) is 2.24. The summed E-state index contributed by atoms with van der Waals surface area (Å²) < 4.78 is 5.24. The average Bonchev–Trinajstić information content (AvgIpc) is 2.66. The van der Waals surface area contributed by atoms with Gasteiger partial charge in [-0.25, -0.2) is 0 Å². The monoisotopic (exact) mass is 145 g/mol. The molecule has 1 rings (SSSR count). The Bertz CT molecular complexity index is 123. The molecule has 3 atom stereocenters. The fourth-order valence-electron chi connectivity index (χ4n) is 1.17. The van der Waals surface area contributed by atoms with Gasteiger partial charge in [-0.15, -0.1) is 0 Å². The van der Waals surface area contributed by atoms with E-state index in [1.165, 1.54) is 0 Å². The highest BCUT2D eigenvalue weighted by Gasteiger charge is 2.48. The summed E-state index contributed by atoms with van der Waals surface area (Å²) in [5.41, 5.74) is -0.251. The van der Waals surface area contributed by atoms with E-state index < -0.39 is 0 Å². The van der Waals surface area contributed by atoms with Crippen LogP contribution in [0.2, 0.25) is 0 Å². The Morgan fingerprint density at radius 1 is 1.70 bits per heavy atom. The van der Waals surface area contributed by atoms with Gasteiger partial charge in [0.2, 0.25) is 0 Å². The zero-order valence-corrected chi connectivity index (χ0v) is 6.72. The topological polar surface area (TPSA) is 44.8 Å². The smallest absolute Gasteiger partial charge is 0.104 e. The lowest BCUT2D eigenvalue weighted by atomic mass is 9.97. The largest absolute Gasteiger partial charge is 0.394 e. The molecular formula is C7H15NO2. The van der Waals surface area contributed by atoms with Crippen molar-refractivity contribution in [2.45, 2.75) is 31.6 Å². The van der Waals surface area contributed by atoms with E-state index >= 15 is 0 Å². The Balaban J connectivity index is 2.48. The SMILES string of the molecule is CN[C@@](C)(CO)[C@@H]1OC1C. The number of rotatable bonds is 3. The number of nitrogens with one attached hydrogen (secondary N) is 1. The number of ether oxygens (including phenoxy) is 1. The molecule has 1 fully saturated rings. The maximum absolute atomic E-state index is 8.97. The first-order valence-electron chi connectivity index (χ1n) is 3.59. The second-order valence-electron chi connectivity index (χ2n) is 3.09. The highest BCUT2D eigenvalue weighted by molar-refractivity contribution is 5.01. The van der Waals surface area contributed by atoms with Crippen LogP contribution in [0, 0.1) is 0 Å². The first-order valence-corrected chi connectivity index (χ1v) is 3.59. The molecule has 3 heteroatoms. The number of likely N-dealkylation sites (N-methyl/N-ethyl adjacent to an activating group) is 1. The van der Waals surface area contributed by atoms with Crippen LogP contribution in [0.1, 0.15) is 13.8 Å². The molecule has 0 saturated carbocycles. The lowest BCUT2D eigenvalue weighted by molar-refractivity contribution is 0.149. The summed E-state index contributed by atoms with van der Waals surface area (Å²) in [4.78, 5) is 0. The molecule has 0 aromatic heterocycles. The summed E-state index contributed by atoms with van der Waals surface area (Å²) in [7, 11) is 1.84. The van der Waals surface area contributed by atoms with Crippen molar-refractivity contribution in [2.75, 3.05) is 13.7 Å². The van der Waals surface area contributed by atoms with Crippen molar-refractivity contribution in [1.82, 2.24) is 5.32 Å². The third kappa shape index (κ3) is 1.17. The van der Waals surface area contributed by atoms with Crippen LogP contribution in [-0.4, -0.2) is 36.5 Å². The van der Waals surface area contributed by atoms with Gasteiger partial charge >= 0.3 is 0 Å². The van der Waals surface area contributed by atoms with Gasteiger partial charge in [0.05, 0.1) is 18.2 Å². The predicted octanol–water partition coefficient (Wildman–Crippen LogP) is -0.256. The van der Waals surface area contributed by atoms with Gasteiger partial charge in [-0.1, -0.05) is 0 Å². The molecule has 10 heavy (non-hydrogen) atoms. The fourth-order valence-corrected chi connectivity index (χ4v) is 1.17. The summed E-state index contributed by atoms with van der Waals surface area (Å²) in [6, 6.07) is 0. The van der Waals surface area contributed by atoms with E-state index in [4.69, 9.17) is 9.84 Å². The van der Waals surface area contributed by atoms with Crippen molar-refractivity contribution in [2.24, 2.45) is 0 Å². The number of aliphatic hydroxyl groups excluding tert-OH is 1. The molecule has 1 heterocycles. The number of epoxide rings is 1. The van der Waals surface area contributed by atoms with Crippen molar-refractivity contribution in [3.05, 3.63) is 0 Å². The van der Waals surface area contributed by atoms with Crippen LogP contribution in [0.15, 0.2) is 0 Å². The van der Waals surface area contributed by atoms with Gasteiger partial charge in [0.15, 0.2) is 0 Å². The molecule has 0 bridgehead atoms. The summed E-state index contributed by atoms with van der Waals surface area (Å²) in [5.74, 6) is 0. The first kappa shape index (κ1) is 7.98. The second-order valence-corrected chi connectivity index (χ2v) is 3.09. The Morgan fingerprint density at radius 2 is 2.20 bits per heavy atom. The van der Waals surface area contributed by atoms with E-state index in [-0.39, 0.29) is 18.2 Å². The zero-order valence-electron chi connectivity index (χ0n) is 6.72. The Kier molecular flexibility index (Phi) is 1.99. The summed E-state index contributed by atoms with van der Waals surface area (Å²) in [6.45, 7) is 4.09. The molecule has 60 valence electrons. The molecule has 0 radical (unpaired) electrons.